The van der Waals surface area contributed by atoms with Crippen LogP contribution in [0.15, 0.2) is 0 Å². The molecule has 14 heavy (non-hydrogen) atoms. The fourth-order valence-corrected chi connectivity index (χ4v) is 2.76. The van der Waals surface area contributed by atoms with Gasteiger partial charge in [-0.1, -0.05) is 13.8 Å². The summed E-state index contributed by atoms with van der Waals surface area (Å²) in [5.74, 6) is 0.775. The molecule has 0 aromatic rings. The summed E-state index contributed by atoms with van der Waals surface area (Å²) in [7, 11) is 4.36. The van der Waals surface area contributed by atoms with E-state index in [1.54, 1.807) is 0 Å². The SMILES string of the molecule is CC(C)C1(CN(C)C)CCC(N)CC1. The largest absolute Gasteiger partial charge is 0.328 e. The molecule has 84 valence electrons. The lowest BCUT2D eigenvalue weighted by molar-refractivity contribution is 0.0722. The van der Waals surface area contributed by atoms with Crippen molar-refractivity contribution in [2.45, 2.75) is 45.6 Å². The third-order valence-electron chi connectivity index (χ3n) is 3.88. The van der Waals surface area contributed by atoms with Gasteiger partial charge in [0.2, 0.25) is 0 Å². The minimum Gasteiger partial charge on any atom is -0.328 e. The van der Waals surface area contributed by atoms with Crippen molar-refractivity contribution in [3.63, 3.8) is 0 Å². The van der Waals surface area contributed by atoms with E-state index >= 15 is 0 Å². The molecule has 0 atom stereocenters. The predicted octanol–water partition coefficient (Wildman–Crippen LogP) is 2.09. The number of nitrogens with zero attached hydrogens (tertiary/aromatic N) is 1. The highest BCUT2D eigenvalue weighted by Crippen LogP contribution is 2.42. The van der Waals surface area contributed by atoms with E-state index in [1.165, 1.54) is 32.2 Å². The van der Waals surface area contributed by atoms with Gasteiger partial charge in [0, 0.05) is 12.6 Å². The van der Waals surface area contributed by atoms with Gasteiger partial charge < -0.3 is 10.6 Å². The summed E-state index contributed by atoms with van der Waals surface area (Å²) in [4.78, 5) is 2.33. The second-order valence-electron chi connectivity index (χ2n) is 5.59. The van der Waals surface area contributed by atoms with Crippen LogP contribution in [0.4, 0.5) is 0 Å². The van der Waals surface area contributed by atoms with Crippen LogP contribution in [0.25, 0.3) is 0 Å². The smallest absolute Gasteiger partial charge is 0.00392 e. The van der Waals surface area contributed by atoms with Gasteiger partial charge in [0.1, 0.15) is 0 Å². The first-order valence-electron chi connectivity index (χ1n) is 5.86. The number of hydrogen-bond acceptors (Lipinski definition) is 2. The third kappa shape index (κ3) is 2.71. The Hall–Kier alpha value is -0.0800. The summed E-state index contributed by atoms with van der Waals surface area (Å²) >= 11 is 0. The molecular weight excluding hydrogens is 172 g/mol. The average Bonchev–Trinajstić information content (AvgIpc) is 2.08. The highest BCUT2D eigenvalue weighted by molar-refractivity contribution is 4.90. The van der Waals surface area contributed by atoms with Crippen molar-refractivity contribution in [1.82, 2.24) is 4.90 Å². The van der Waals surface area contributed by atoms with E-state index in [0.29, 0.717) is 11.5 Å². The van der Waals surface area contributed by atoms with Gasteiger partial charge >= 0.3 is 0 Å². The van der Waals surface area contributed by atoms with E-state index in [0.717, 1.165) is 5.92 Å². The Morgan fingerprint density at radius 1 is 1.29 bits per heavy atom. The van der Waals surface area contributed by atoms with E-state index in [1.807, 2.05) is 0 Å². The van der Waals surface area contributed by atoms with Crippen LogP contribution in [-0.2, 0) is 0 Å². The summed E-state index contributed by atoms with van der Waals surface area (Å²) in [6.07, 6.45) is 5.05. The molecule has 2 nitrogen and oxygen atoms in total. The van der Waals surface area contributed by atoms with Gasteiger partial charge in [0.25, 0.3) is 0 Å². The van der Waals surface area contributed by atoms with E-state index in [-0.39, 0.29) is 0 Å². The summed E-state index contributed by atoms with van der Waals surface area (Å²) in [6.45, 7) is 5.94. The average molecular weight is 198 g/mol. The molecule has 0 radical (unpaired) electrons. The first-order valence-corrected chi connectivity index (χ1v) is 5.86. The second-order valence-corrected chi connectivity index (χ2v) is 5.59. The maximum atomic E-state index is 5.97. The van der Waals surface area contributed by atoms with Crippen LogP contribution in [0.1, 0.15) is 39.5 Å². The van der Waals surface area contributed by atoms with Crippen LogP contribution in [0.2, 0.25) is 0 Å². The van der Waals surface area contributed by atoms with Gasteiger partial charge in [-0.05, 0) is 51.1 Å². The normalized spacial score (nSPS) is 34.1. The fraction of sp³-hybridized carbons (Fsp3) is 1.00. The van der Waals surface area contributed by atoms with Gasteiger partial charge in [-0.3, -0.25) is 0 Å². The number of hydrogen-bond donors (Lipinski definition) is 1. The third-order valence-corrected chi connectivity index (χ3v) is 3.88. The number of nitrogens with two attached hydrogens (primary N) is 1. The molecule has 0 spiro atoms. The van der Waals surface area contributed by atoms with E-state index in [2.05, 4.69) is 32.8 Å². The first kappa shape index (κ1) is 12.0. The molecule has 0 unspecified atom stereocenters. The molecule has 1 fully saturated rings. The molecular formula is C12H26N2. The first-order chi connectivity index (χ1) is 6.46. The molecule has 1 aliphatic carbocycles. The minimum atomic E-state index is 0.462. The van der Waals surface area contributed by atoms with Crippen LogP contribution >= 0.6 is 0 Å². The summed E-state index contributed by atoms with van der Waals surface area (Å²) in [5.41, 5.74) is 6.50. The molecule has 1 rings (SSSR count). The van der Waals surface area contributed by atoms with E-state index in [4.69, 9.17) is 5.73 Å². The van der Waals surface area contributed by atoms with Crippen molar-refractivity contribution >= 4 is 0 Å². The highest BCUT2D eigenvalue weighted by Gasteiger charge is 2.37. The Balaban J connectivity index is 2.63. The van der Waals surface area contributed by atoms with Crippen molar-refractivity contribution < 1.29 is 0 Å². The molecule has 2 N–H and O–H groups in total. The Morgan fingerprint density at radius 3 is 2.14 bits per heavy atom. The lowest BCUT2D eigenvalue weighted by Crippen LogP contribution is -2.43. The maximum absolute atomic E-state index is 5.97. The van der Waals surface area contributed by atoms with Crippen molar-refractivity contribution in [1.29, 1.82) is 0 Å². The van der Waals surface area contributed by atoms with Crippen molar-refractivity contribution in [2.75, 3.05) is 20.6 Å². The minimum absolute atomic E-state index is 0.462. The molecule has 1 saturated carbocycles. The molecule has 0 heterocycles. The molecule has 0 aliphatic heterocycles. The van der Waals surface area contributed by atoms with Gasteiger partial charge in [-0.15, -0.1) is 0 Å². The van der Waals surface area contributed by atoms with Crippen LogP contribution in [0, 0.1) is 11.3 Å². The molecule has 2 heteroatoms. The Morgan fingerprint density at radius 2 is 1.79 bits per heavy atom. The molecule has 0 saturated heterocycles. The molecule has 0 aromatic heterocycles. The van der Waals surface area contributed by atoms with E-state index in [9.17, 15) is 0 Å². The van der Waals surface area contributed by atoms with Crippen LogP contribution in [0.5, 0.6) is 0 Å². The standard InChI is InChI=1S/C12H26N2/c1-10(2)12(9-14(3)4)7-5-11(13)6-8-12/h10-11H,5-9,13H2,1-4H3. The molecule has 0 bridgehead atoms. The zero-order chi connectivity index (χ0) is 10.8. The maximum Gasteiger partial charge on any atom is 0.00392 e. The van der Waals surface area contributed by atoms with Gasteiger partial charge in [-0.2, -0.15) is 0 Å². The van der Waals surface area contributed by atoms with Crippen molar-refractivity contribution in [2.24, 2.45) is 17.1 Å². The van der Waals surface area contributed by atoms with E-state index < -0.39 is 0 Å². The lowest BCUT2D eigenvalue weighted by Gasteiger charge is -2.44. The monoisotopic (exact) mass is 198 g/mol. The summed E-state index contributed by atoms with van der Waals surface area (Å²) in [6, 6.07) is 0.462. The van der Waals surface area contributed by atoms with Crippen molar-refractivity contribution in [3.05, 3.63) is 0 Å². The van der Waals surface area contributed by atoms with Crippen molar-refractivity contribution in [3.8, 4) is 0 Å². The van der Waals surface area contributed by atoms with Gasteiger partial charge in [-0.25, -0.2) is 0 Å². The number of rotatable bonds is 3. The zero-order valence-corrected chi connectivity index (χ0v) is 10.2. The Bertz CT molecular complexity index is 167. The van der Waals surface area contributed by atoms with Gasteiger partial charge in [0.05, 0.1) is 0 Å². The summed E-state index contributed by atoms with van der Waals surface area (Å²) < 4.78 is 0. The predicted molar refractivity (Wildman–Crippen MR) is 62.3 cm³/mol. The van der Waals surface area contributed by atoms with Gasteiger partial charge in [0.15, 0.2) is 0 Å². The zero-order valence-electron chi connectivity index (χ0n) is 10.2. The lowest BCUT2D eigenvalue weighted by atomic mass is 9.66. The fourth-order valence-electron chi connectivity index (χ4n) is 2.76. The molecule has 0 amide bonds. The Kier molecular flexibility index (Phi) is 3.96. The second kappa shape index (κ2) is 4.63. The van der Waals surface area contributed by atoms with Crippen LogP contribution in [-0.4, -0.2) is 31.6 Å². The van der Waals surface area contributed by atoms with Crippen LogP contribution < -0.4 is 5.73 Å². The Labute approximate surface area is 88.8 Å². The topological polar surface area (TPSA) is 29.3 Å². The van der Waals surface area contributed by atoms with Crippen LogP contribution in [0.3, 0.4) is 0 Å². The quantitative estimate of drug-likeness (QED) is 0.752. The molecule has 1 aliphatic rings. The molecule has 0 aromatic carbocycles. The highest BCUT2D eigenvalue weighted by atomic mass is 15.1. The summed E-state index contributed by atoms with van der Waals surface area (Å²) in [5, 5.41) is 0.